The highest BCUT2D eigenvalue weighted by molar-refractivity contribution is 5.87. The number of para-hydroxylation sites is 1. The Balaban J connectivity index is 1.94. The van der Waals surface area contributed by atoms with Crippen molar-refractivity contribution in [3.63, 3.8) is 0 Å². The molecule has 0 radical (unpaired) electrons. The molecule has 5 nitrogen and oxygen atoms in total. The molecule has 5 heteroatoms. The van der Waals surface area contributed by atoms with E-state index in [4.69, 9.17) is 4.74 Å². The largest absolute Gasteiger partial charge is 0.505 e. The maximum absolute atomic E-state index is 11.1. The first kappa shape index (κ1) is 23.1. The Hall–Kier alpha value is -4.12. The number of anilines is 3. The minimum Gasteiger partial charge on any atom is -0.505 e. The third kappa shape index (κ3) is 4.13. The zero-order chi connectivity index (χ0) is 24.6. The maximum Gasteiger partial charge on any atom is 0.171 e. The molecule has 0 saturated heterocycles. The number of hydrogen-bond acceptors (Lipinski definition) is 5. The number of aromatic hydroxyl groups is 3. The second-order valence-electron chi connectivity index (χ2n) is 8.65. The van der Waals surface area contributed by atoms with Crippen LogP contribution in [0.15, 0.2) is 66.7 Å². The molecule has 4 aromatic carbocycles. The van der Waals surface area contributed by atoms with Crippen molar-refractivity contribution in [3.05, 3.63) is 94.5 Å². The summed E-state index contributed by atoms with van der Waals surface area (Å²) in [5.74, 6) is 1.24. The van der Waals surface area contributed by atoms with Gasteiger partial charge in [0.05, 0.1) is 17.1 Å². The average Bonchev–Trinajstić information content (AvgIpc) is 2.81. The van der Waals surface area contributed by atoms with E-state index in [-0.39, 0.29) is 17.2 Å². The molecule has 0 spiro atoms. The Morgan fingerprint density at radius 2 is 1.12 bits per heavy atom. The Morgan fingerprint density at radius 1 is 0.588 bits per heavy atom. The van der Waals surface area contributed by atoms with Crippen LogP contribution in [0.5, 0.6) is 28.7 Å². The van der Waals surface area contributed by atoms with E-state index in [1.165, 1.54) is 0 Å². The fraction of sp³-hybridized carbons (Fsp3) is 0.172. The molecule has 4 aromatic rings. The summed E-state index contributed by atoms with van der Waals surface area (Å²) in [6.07, 6.45) is 0. The summed E-state index contributed by atoms with van der Waals surface area (Å²) >= 11 is 0. The van der Waals surface area contributed by atoms with Crippen molar-refractivity contribution in [1.82, 2.24) is 0 Å². The van der Waals surface area contributed by atoms with E-state index in [2.05, 4.69) is 0 Å². The third-order valence-corrected chi connectivity index (χ3v) is 6.04. The van der Waals surface area contributed by atoms with Gasteiger partial charge in [-0.05, 0) is 80.6 Å². The van der Waals surface area contributed by atoms with Crippen LogP contribution in [0, 0.1) is 34.6 Å². The van der Waals surface area contributed by atoms with Gasteiger partial charge in [-0.1, -0.05) is 42.5 Å². The summed E-state index contributed by atoms with van der Waals surface area (Å²) in [5, 5.41) is 32.5. The van der Waals surface area contributed by atoms with Gasteiger partial charge in [0.25, 0.3) is 0 Å². The van der Waals surface area contributed by atoms with E-state index >= 15 is 0 Å². The number of rotatable bonds is 5. The lowest BCUT2D eigenvalue weighted by molar-refractivity contribution is 0.409. The number of benzene rings is 4. The number of phenolic OH excluding ortho intramolecular Hbond substituents is 3. The molecule has 0 amide bonds. The molecular weight excluding hydrogens is 426 g/mol. The van der Waals surface area contributed by atoms with Gasteiger partial charge in [0.1, 0.15) is 17.2 Å². The van der Waals surface area contributed by atoms with Crippen molar-refractivity contribution < 1.29 is 20.1 Å². The highest BCUT2D eigenvalue weighted by Crippen LogP contribution is 2.49. The first-order valence-electron chi connectivity index (χ1n) is 11.1. The highest BCUT2D eigenvalue weighted by Gasteiger charge is 2.25. The molecule has 0 bridgehead atoms. The van der Waals surface area contributed by atoms with Crippen molar-refractivity contribution in [2.75, 3.05) is 4.90 Å². The SMILES string of the molecule is Cc1ccc(C)c(N(c2cccc(Oc3c(C)cccc3O)c2)c2c(C)ccc(C)c2O)c1O. The van der Waals surface area contributed by atoms with Crippen molar-refractivity contribution in [2.45, 2.75) is 34.6 Å². The number of hydrogen-bond donors (Lipinski definition) is 3. The van der Waals surface area contributed by atoms with Gasteiger partial charge in [-0.15, -0.1) is 0 Å². The smallest absolute Gasteiger partial charge is 0.171 e. The van der Waals surface area contributed by atoms with Crippen LogP contribution >= 0.6 is 0 Å². The number of phenols is 3. The molecular formula is C29H29NO4. The Labute approximate surface area is 200 Å². The lowest BCUT2D eigenvalue weighted by atomic mass is 10.0. The van der Waals surface area contributed by atoms with Crippen LogP contribution in [0.3, 0.4) is 0 Å². The highest BCUT2D eigenvalue weighted by atomic mass is 16.5. The van der Waals surface area contributed by atoms with Crippen LogP contribution < -0.4 is 9.64 Å². The van der Waals surface area contributed by atoms with Gasteiger partial charge in [-0.2, -0.15) is 0 Å². The van der Waals surface area contributed by atoms with E-state index in [0.29, 0.717) is 28.6 Å². The Morgan fingerprint density at radius 3 is 1.68 bits per heavy atom. The fourth-order valence-electron chi connectivity index (χ4n) is 4.07. The van der Waals surface area contributed by atoms with E-state index in [0.717, 1.165) is 27.8 Å². The van der Waals surface area contributed by atoms with E-state index in [1.807, 2.05) is 88.0 Å². The molecule has 0 unspecified atom stereocenters. The standard InChI is InChI=1S/C29H29NO4/c1-17-12-14-19(3)27(32)25(17)30(26-18(2)13-15-20(4)28(26)33)22-9-7-10-23(16-22)34-29-21(5)8-6-11-24(29)31/h6-16,31-33H,1-5H3. The van der Waals surface area contributed by atoms with Gasteiger partial charge in [0.2, 0.25) is 0 Å². The second-order valence-corrected chi connectivity index (χ2v) is 8.65. The summed E-state index contributed by atoms with van der Waals surface area (Å²) in [6.45, 7) is 9.41. The molecule has 3 N–H and O–H groups in total. The number of ether oxygens (including phenoxy) is 1. The molecule has 0 aliphatic carbocycles. The maximum atomic E-state index is 11.1. The van der Waals surface area contributed by atoms with Crippen molar-refractivity contribution in [1.29, 1.82) is 0 Å². The molecule has 0 aliphatic rings. The van der Waals surface area contributed by atoms with Crippen LogP contribution in [-0.2, 0) is 0 Å². The molecule has 0 aromatic heterocycles. The molecule has 0 saturated carbocycles. The summed E-state index contributed by atoms with van der Waals surface area (Å²) in [4.78, 5) is 1.86. The molecule has 0 aliphatic heterocycles. The molecule has 4 rings (SSSR count). The minimum atomic E-state index is 0.0570. The zero-order valence-electron chi connectivity index (χ0n) is 20.0. The van der Waals surface area contributed by atoms with Gasteiger partial charge in [-0.3, -0.25) is 0 Å². The van der Waals surface area contributed by atoms with Gasteiger partial charge >= 0.3 is 0 Å². The van der Waals surface area contributed by atoms with Crippen LogP contribution in [0.4, 0.5) is 17.1 Å². The van der Waals surface area contributed by atoms with Crippen LogP contribution in [0.25, 0.3) is 0 Å². The molecule has 0 fully saturated rings. The topological polar surface area (TPSA) is 73.2 Å². The van der Waals surface area contributed by atoms with E-state index in [1.54, 1.807) is 18.2 Å². The van der Waals surface area contributed by atoms with Gasteiger partial charge in [-0.25, -0.2) is 0 Å². The van der Waals surface area contributed by atoms with Crippen molar-refractivity contribution in [3.8, 4) is 28.7 Å². The van der Waals surface area contributed by atoms with Crippen molar-refractivity contribution in [2.24, 2.45) is 0 Å². The molecule has 0 atom stereocenters. The van der Waals surface area contributed by atoms with E-state index in [9.17, 15) is 15.3 Å². The molecule has 0 heterocycles. The predicted octanol–water partition coefficient (Wildman–Crippen LogP) is 7.61. The number of aryl methyl sites for hydroxylation is 5. The van der Waals surface area contributed by atoms with Crippen molar-refractivity contribution >= 4 is 17.1 Å². The molecule has 34 heavy (non-hydrogen) atoms. The predicted molar refractivity (Wildman–Crippen MR) is 136 cm³/mol. The second kappa shape index (κ2) is 9.02. The van der Waals surface area contributed by atoms with Crippen LogP contribution in [-0.4, -0.2) is 15.3 Å². The summed E-state index contributed by atoms with van der Waals surface area (Å²) in [6, 6.07) is 20.2. The average molecular weight is 456 g/mol. The fourth-order valence-corrected chi connectivity index (χ4v) is 4.07. The number of nitrogens with zero attached hydrogens (tertiary/aromatic N) is 1. The summed E-state index contributed by atoms with van der Waals surface area (Å²) < 4.78 is 6.07. The lowest BCUT2D eigenvalue weighted by Crippen LogP contribution is -2.14. The first-order valence-corrected chi connectivity index (χ1v) is 11.1. The van der Waals surface area contributed by atoms with Gasteiger partial charge in [0, 0.05) is 6.07 Å². The van der Waals surface area contributed by atoms with Crippen LogP contribution in [0.1, 0.15) is 27.8 Å². The Kier molecular flexibility index (Phi) is 6.12. The quantitative estimate of drug-likeness (QED) is 0.289. The lowest BCUT2D eigenvalue weighted by Gasteiger charge is -2.30. The first-order chi connectivity index (χ1) is 16.2. The van der Waals surface area contributed by atoms with Crippen LogP contribution in [0.2, 0.25) is 0 Å². The summed E-state index contributed by atoms with van der Waals surface area (Å²) in [7, 11) is 0. The zero-order valence-corrected chi connectivity index (χ0v) is 20.0. The molecule has 174 valence electrons. The minimum absolute atomic E-state index is 0.0570. The van der Waals surface area contributed by atoms with E-state index < -0.39 is 0 Å². The third-order valence-electron chi connectivity index (χ3n) is 6.04. The summed E-state index contributed by atoms with van der Waals surface area (Å²) in [5.41, 5.74) is 5.83. The van der Waals surface area contributed by atoms with Gasteiger partial charge in [0.15, 0.2) is 11.5 Å². The Bertz CT molecular complexity index is 1300. The normalized spacial score (nSPS) is 10.9. The van der Waals surface area contributed by atoms with Gasteiger partial charge < -0.3 is 25.0 Å². The monoisotopic (exact) mass is 455 g/mol.